The van der Waals surface area contributed by atoms with E-state index in [1.54, 1.807) is 6.20 Å². The first kappa shape index (κ1) is 26.5. The number of benzene rings is 1. The molecule has 3 heterocycles. The van der Waals surface area contributed by atoms with Crippen LogP contribution in [0.3, 0.4) is 0 Å². The van der Waals surface area contributed by atoms with Crippen LogP contribution in [0.1, 0.15) is 11.3 Å². The molecule has 0 bridgehead atoms. The number of ether oxygens (including phenoxy) is 3. The molecule has 198 valence electrons. The summed E-state index contributed by atoms with van der Waals surface area (Å²) < 4.78 is 44.4. The molecule has 0 saturated carbocycles. The lowest BCUT2D eigenvalue weighted by atomic mass is 10.1. The first-order valence-electron chi connectivity index (χ1n) is 11.8. The first-order valence-corrected chi connectivity index (χ1v) is 11.8. The summed E-state index contributed by atoms with van der Waals surface area (Å²) in [4.78, 5) is 17.5. The van der Waals surface area contributed by atoms with Gasteiger partial charge in [0, 0.05) is 45.3 Å². The number of hydrogen-bond donors (Lipinski definition) is 2. The number of anilines is 2. The van der Waals surface area contributed by atoms with E-state index in [4.69, 9.17) is 19.3 Å². The molecule has 3 aromatic rings. The maximum absolute atomic E-state index is 14.5. The Hall–Kier alpha value is -3.61. The number of pyridine rings is 1. The molecule has 10 nitrogen and oxygen atoms in total. The van der Waals surface area contributed by atoms with Crippen molar-refractivity contribution >= 4 is 11.6 Å². The van der Waals surface area contributed by atoms with Gasteiger partial charge in [-0.3, -0.25) is 14.8 Å². The van der Waals surface area contributed by atoms with Gasteiger partial charge in [-0.2, -0.15) is 0 Å². The minimum absolute atomic E-state index is 0.145. The molecule has 1 fully saturated rings. The van der Waals surface area contributed by atoms with E-state index < -0.39 is 18.2 Å². The van der Waals surface area contributed by atoms with Crippen molar-refractivity contribution in [1.29, 1.82) is 0 Å². The molecular weight excluding hydrogens is 486 g/mol. The lowest BCUT2D eigenvalue weighted by molar-refractivity contribution is 0.107. The number of piperazine rings is 1. The molecule has 1 saturated heterocycles. The molecule has 0 spiro atoms. The molecule has 1 aliphatic heterocycles. The molecule has 12 heteroatoms. The fraction of sp³-hybridized carbons (Fsp3) is 0.400. The Morgan fingerprint density at radius 3 is 2.14 bits per heavy atom. The summed E-state index contributed by atoms with van der Waals surface area (Å²) in [5, 5.41) is 12.1. The van der Waals surface area contributed by atoms with E-state index in [2.05, 4.69) is 30.1 Å². The lowest BCUT2D eigenvalue weighted by Gasteiger charge is -2.34. The van der Waals surface area contributed by atoms with Crippen LogP contribution in [0, 0.1) is 11.6 Å². The molecular formula is C25H30F2N6O4. The number of β-amino-alcohol motifs (C(OH)–C–C–N with tert-alkyl or cyclic N) is 1. The summed E-state index contributed by atoms with van der Waals surface area (Å²) in [7, 11) is 2.57. The van der Waals surface area contributed by atoms with Crippen LogP contribution in [0.5, 0.6) is 17.2 Å². The quantitative estimate of drug-likeness (QED) is 0.395. The van der Waals surface area contributed by atoms with Crippen LogP contribution in [0.15, 0.2) is 36.8 Å². The van der Waals surface area contributed by atoms with Gasteiger partial charge in [-0.15, -0.1) is 0 Å². The SMILES string of the molecule is COc1cc(OC)c(F)c(COc2cnc(Nc3ccc(CN4CCN(CCO)CC4)nc3)nc2)c1F. The third-order valence-corrected chi connectivity index (χ3v) is 6.02. The van der Waals surface area contributed by atoms with E-state index in [0.717, 1.165) is 56.7 Å². The molecule has 0 radical (unpaired) electrons. The minimum atomic E-state index is -0.861. The number of methoxy groups -OCH3 is 2. The van der Waals surface area contributed by atoms with Gasteiger partial charge in [-0.25, -0.2) is 18.7 Å². The molecule has 2 N–H and O–H groups in total. The monoisotopic (exact) mass is 516 g/mol. The van der Waals surface area contributed by atoms with Gasteiger partial charge in [0.15, 0.2) is 28.9 Å². The molecule has 4 rings (SSSR count). The van der Waals surface area contributed by atoms with Gasteiger partial charge in [-0.1, -0.05) is 0 Å². The number of aliphatic hydroxyl groups is 1. The van der Waals surface area contributed by atoms with Crippen LogP contribution >= 0.6 is 0 Å². The number of rotatable bonds is 11. The van der Waals surface area contributed by atoms with Crippen molar-refractivity contribution in [2.24, 2.45) is 0 Å². The molecule has 1 aromatic carbocycles. The maximum Gasteiger partial charge on any atom is 0.227 e. The smallest absolute Gasteiger partial charge is 0.227 e. The van der Waals surface area contributed by atoms with Crippen molar-refractivity contribution < 1.29 is 28.1 Å². The number of aromatic nitrogens is 3. The van der Waals surface area contributed by atoms with Crippen molar-refractivity contribution in [3.63, 3.8) is 0 Å². The Morgan fingerprint density at radius 1 is 0.919 bits per heavy atom. The second-order valence-corrected chi connectivity index (χ2v) is 8.42. The summed E-state index contributed by atoms with van der Waals surface area (Å²) in [5.74, 6) is -1.46. The van der Waals surface area contributed by atoms with Gasteiger partial charge in [0.25, 0.3) is 0 Å². The van der Waals surface area contributed by atoms with Gasteiger partial charge < -0.3 is 24.6 Å². The fourth-order valence-corrected chi connectivity index (χ4v) is 3.94. The molecule has 2 aromatic heterocycles. The zero-order valence-electron chi connectivity index (χ0n) is 20.8. The zero-order valence-corrected chi connectivity index (χ0v) is 20.8. The Bertz CT molecular complexity index is 1130. The highest BCUT2D eigenvalue weighted by Gasteiger charge is 2.21. The molecule has 1 aliphatic rings. The highest BCUT2D eigenvalue weighted by Crippen LogP contribution is 2.32. The van der Waals surface area contributed by atoms with Gasteiger partial charge >= 0.3 is 0 Å². The van der Waals surface area contributed by atoms with Crippen molar-refractivity contribution in [2.75, 3.05) is 58.9 Å². The van der Waals surface area contributed by atoms with Crippen LogP contribution in [0.4, 0.5) is 20.4 Å². The highest BCUT2D eigenvalue weighted by molar-refractivity contribution is 5.51. The van der Waals surface area contributed by atoms with Crippen molar-refractivity contribution in [1.82, 2.24) is 24.8 Å². The van der Waals surface area contributed by atoms with Crippen molar-refractivity contribution in [3.05, 3.63) is 59.7 Å². The summed E-state index contributed by atoms with van der Waals surface area (Å²) in [6.07, 6.45) is 4.52. The van der Waals surface area contributed by atoms with Crippen LogP contribution in [0.2, 0.25) is 0 Å². The second-order valence-electron chi connectivity index (χ2n) is 8.42. The summed E-state index contributed by atoms with van der Waals surface area (Å²) in [5.41, 5.74) is 1.36. The van der Waals surface area contributed by atoms with Gasteiger partial charge in [0.2, 0.25) is 5.95 Å². The highest BCUT2D eigenvalue weighted by atomic mass is 19.1. The van der Waals surface area contributed by atoms with Gasteiger partial charge in [-0.05, 0) is 12.1 Å². The maximum atomic E-state index is 14.5. The molecule has 0 atom stereocenters. The predicted octanol–water partition coefficient (Wildman–Crippen LogP) is 2.60. The van der Waals surface area contributed by atoms with Crippen LogP contribution < -0.4 is 19.5 Å². The van der Waals surface area contributed by atoms with E-state index in [0.29, 0.717) is 5.95 Å². The number of halogens is 2. The first-order chi connectivity index (χ1) is 18.0. The van der Waals surface area contributed by atoms with E-state index in [-0.39, 0.29) is 29.4 Å². The third kappa shape index (κ3) is 6.79. The number of nitrogens with one attached hydrogen (secondary N) is 1. The summed E-state index contributed by atoms with van der Waals surface area (Å²) in [6.45, 7) is 5.02. The fourth-order valence-electron chi connectivity index (χ4n) is 3.94. The van der Waals surface area contributed by atoms with E-state index in [1.807, 2.05) is 12.1 Å². The Morgan fingerprint density at radius 2 is 1.57 bits per heavy atom. The van der Waals surface area contributed by atoms with Crippen molar-refractivity contribution in [3.8, 4) is 17.2 Å². The lowest BCUT2D eigenvalue weighted by Crippen LogP contribution is -2.46. The number of aliphatic hydroxyl groups excluding tert-OH is 1. The van der Waals surface area contributed by atoms with Crippen LogP contribution in [-0.4, -0.2) is 83.4 Å². The second kappa shape index (κ2) is 12.6. The van der Waals surface area contributed by atoms with Crippen LogP contribution in [0.25, 0.3) is 0 Å². The van der Waals surface area contributed by atoms with E-state index >= 15 is 0 Å². The molecule has 0 aliphatic carbocycles. The zero-order chi connectivity index (χ0) is 26.2. The standard InChI is InChI=1S/C25H30F2N6O4/c1-35-21-11-22(36-2)24(27)20(23(21)26)16-37-19-13-29-25(30-14-19)31-17-3-4-18(28-12-17)15-33-7-5-32(6-8-33)9-10-34/h3-4,11-14,34H,5-10,15-16H2,1-2H3,(H,29,30,31). The van der Waals surface area contributed by atoms with Crippen molar-refractivity contribution in [2.45, 2.75) is 13.2 Å². The topological polar surface area (TPSA) is 105 Å². The van der Waals surface area contributed by atoms with Crippen LogP contribution in [-0.2, 0) is 13.2 Å². The number of nitrogens with zero attached hydrogens (tertiary/aromatic N) is 5. The molecule has 0 unspecified atom stereocenters. The minimum Gasteiger partial charge on any atom is -0.494 e. The molecule has 37 heavy (non-hydrogen) atoms. The average molecular weight is 517 g/mol. The third-order valence-electron chi connectivity index (χ3n) is 6.02. The summed E-state index contributed by atoms with van der Waals surface area (Å²) in [6, 6.07) is 4.99. The largest absolute Gasteiger partial charge is 0.494 e. The average Bonchev–Trinajstić information content (AvgIpc) is 2.92. The van der Waals surface area contributed by atoms with E-state index in [1.165, 1.54) is 26.6 Å². The number of hydrogen-bond acceptors (Lipinski definition) is 10. The van der Waals surface area contributed by atoms with E-state index in [9.17, 15) is 8.78 Å². The predicted molar refractivity (Wildman–Crippen MR) is 132 cm³/mol. The van der Waals surface area contributed by atoms with Gasteiger partial charge in [0.05, 0.1) is 56.4 Å². The summed E-state index contributed by atoms with van der Waals surface area (Å²) >= 11 is 0. The van der Waals surface area contributed by atoms with Gasteiger partial charge in [0.1, 0.15) is 6.61 Å². The normalized spacial score (nSPS) is 14.4. The Kier molecular flexibility index (Phi) is 8.99. The Balaban J connectivity index is 1.30. The molecule has 0 amide bonds. The Labute approximate surface area is 213 Å².